The molecule has 1 amide bonds. The van der Waals surface area contributed by atoms with Crippen LogP contribution in [-0.4, -0.2) is 67.2 Å². The topological polar surface area (TPSA) is 90.6 Å². The van der Waals surface area contributed by atoms with Crippen molar-refractivity contribution in [3.05, 3.63) is 53.1 Å². The van der Waals surface area contributed by atoms with E-state index >= 15 is 0 Å². The van der Waals surface area contributed by atoms with Crippen LogP contribution in [0.25, 0.3) is 11.1 Å². The van der Waals surface area contributed by atoms with Gasteiger partial charge in [-0.25, -0.2) is 4.98 Å². The number of anilines is 1. The lowest BCUT2D eigenvalue weighted by Crippen LogP contribution is -2.47. The number of amides is 1. The molecule has 8 heteroatoms. The number of hydrogen-bond acceptors (Lipinski definition) is 6. The molecule has 1 aliphatic heterocycles. The molecule has 0 aromatic carbocycles. The number of ether oxygens (including phenoxy) is 1. The number of pyridine rings is 2. The summed E-state index contributed by atoms with van der Waals surface area (Å²) in [6.45, 7) is 4.81. The number of aromatic nitrogens is 2. The Morgan fingerprint density at radius 3 is 2.81 bits per heavy atom. The number of likely N-dealkylation sites (N-methyl/N-ethyl adjacent to an activating group) is 1. The number of aromatic amines is 1. The molecule has 0 saturated carbocycles. The first-order valence-corrected chi connectivity index (χ1v) is 10.7. The van der Waals surface area contributed by atoms with Crippen molar-refractivity contribution < 1.29 is 9.53 Å². The molecule has 0 aliphatic carbocycles. The van der Waals surface area contributed by atoms with Gasteiger partial charge in [0, 0.05) is 62.3 Å². The number of hydrogen-bond donors (Lipinski definition) is 2. The molecule has 1 aliphatic rings. The van der Waals surface area contributed by atoms with Crippen molar-refractivity contribution in [1.29, 1.82) is 0 Å². The van der Waals surface area contributed by atoms with Gasteiger partial charge in [0.05, 0.1) is 7.11 Å². The van der Waals surface area contributed by atoms with Gasteiger partial charge in [0.1, 0.15) is 5.69 Å². The van der Waals surface area contributed by atoms with Crippen molar-refractivity contribution in [1.82, 2.24) is 20.2 Å². The Hall–Kier alpha value is -3.13. The second-order valence-corrected chi connectivity index (χ2v) is 7.49. The molecule has 0 unspecified atom stereocenters. The zero-order valence-electron chi connectivity index (χ0n) is 18.4. The van der Waals surface area contributed by atoms with Crippen molar-refractivity contribution >= 4 is 11.6 Å². The van der Waals surface area contributed by atoms with Crippen molar-refractivity contribution in [3.63, 3.8) is 0 Å². The molecule has 0 bridgehead atoms. The monoisotopic (exact) mass is 425 g/mol. The van der Waals surface area contributed by atoms with E-state index in [1.807, 2.05) is 36.2 Å². The van der Waals surface area contributed by atoms with E-state index in [1.54, 1.807) is 25.6 Å². The highest BCUT2D eigenvalue weighted by molar-refractivity contribution is 5.87. The van der Waals surface area contributed by atoms with Crippen LogP contribution < -0.4 is 20.5 Å². The first-order chi connectivity index (χ1) is 15.1. The second-order valence-electron chi connectivity index (χ2n) is 7.49. The standard InChI is InChI=1S/C23H31N5O3/c1-4-28(19-8-12-27(13-9-19)22(29)6-5-10-24-2)20-14-18(16-26-23(20)30)17-7-11-25-21(15-17)31-3/h5-7,11,14-16,19,24H,4,8-10,12-13H2,1-3H3,(H,26,30). The highest BCUT2D eigenvalue weighted by atomic mass is 16.5. The summed E-state index contributed by atoms with van der Waals surface area (Å²) >= 11 is 0. The first kappa shape index (κ1) is 22.6. The third-order valence-electron chi connectivity index (χ3n) is 5.61. The number of carbonyl (C=O) groups is 1. The third kappa shape index (κ3) is 5.52. The second kappa shape index (κ2) is 10.8. The molecule has 2 aromatic heterocycles. The fourth-order valence-electron chi connectivity index (χ4n) is 3.96. The van der Waals surface area contributed by atoms with E-state index in [2.05, 4.69) is 27.1 Å². The summed E-state index contributed by atoms with van der Waals surface area (Å²) in [4.78, 5) is 36.0. The van der Waals surface area contributed by atoms with E-state index in [0.717, 1.165) is 24.0 Å². The van der Waals surface area contributed by atoms with Crippen molar-refractivity contribution in [2.24, 2.45) is 0 Å². The fraction of sp³-hybridized carbons (Fsp3) is 0.435. The molecule has 0 spiro atoms. The fourth-order valence-corrected chi connectivity index (χ4v) is 3.96. The lowest BCUT2D eigenvalue weighted by Gasteiger charge is -2.38. The van der Waals surface area contributed by atoms with E-state index in [9.17, 15) is 9.59 Å². The molecule has 3 rings (SSSR count). The van der Waals surface area contributed by atoms with Gasteiger partial charge in [-0.05, 0) is 44.5 Å². The van der Waals surface area contributed by atoms with Gasteiger partial charge in [0.25, 0.3) is 5.56 Å². The maximum absolute atomic E-state index is 12.7. The SMILES string of the molecule is CCN(c1cc(-c2ccnc(OC)c2)c[nH]c1=O)C1CCN(C(=O)C=CCNC)CC1. The minimum atomic E-state index is -0.111. The van der Waals surface area contributed by atoms with E-state index in [1.165, 1.54) is 0 Å². The Balaban J connectivity index is 1.75. The number of methoxy groups -OCH3 is 1. The molecule has 1 saturated heterocycles. The molecule has 2 N–H and O–H groups in total. The summed E-state index contributed by atoms with van der Waals surface area (Å²) in [5, 5.41) is 2.99. The van der Waals surface area contributed by atoms with Gasteiger partial charge in [0.2, 0.25) is 11.8 Å². The maximum Gasteiger partial charge on any atom is 0.271 e. The van der Waals surface area contributed by atoms with Gasteiger partial charge in [-0.1, -0.05) is 6.08 Å². The number of nitrogens with one attached hydrogen (secondary N) is 2. The molecular weight excluding hydrogens is 394 g/mol. The van der Waals surface area contributed by atoms with E-state index in [0.29, 0.717) is 37.7 Å². The van der Waals surface area contributed by atoms with Crippen LogP contribution in [0.3, 0.4) is 0 Å². The van der Waals surface area contributed by atoms with Gasteiger partial charge in [-0.2, -0.15) is 0 Å². The van der Waals surface area contributed by atoms with Crippen LogP contribution in [-0.2, 0) is 4.79 Å². The van der Waals surface area contributed by atoms with Gasteiger partial charge < -0.3 is 24.8 Å². The quantitative estimate of drug-likeness (QED) is 0.629. The molecule has 166 valence electrons. The number of nitrogens with zero attached hydrogens (tertiary/aromatic N) is 3. The molecular formula is C23H31N5O3. The summed E-state index contributed by atoms with van der Waals surface area (Å²) in [7, 11) is 3.43. The Morgan fingerprint density at radius 2 is 2.13 bits per heavy atom. The molecule has 1 fully saturated rings. The highest BCUT2D eigenvalue weighted by Crippen LogP contribution is 2.26. The summed E-state index contributed by atoms with van der Waals surface area (Å²) in [6, 6.07) is 5.87. The normalized spacial score (nSPS) is 14.7. The smallest absolute Gasteiger partial charge is 0.271 e. The Bertz CT molecular complexity index is 964. The molecule has 0 atom stereocenters. The molecule has 31 heavy (non-hydrogen) atoms. The zero-order valence-corrected chi connectivity index (χ0v) is 18.4. The average Bonchev–Trinajstić information content (AvgIpc) is 2.81. The first-order valence-electron chi connectivity index (χ1n) is 10.7. The van der Waals surface area contributed by atoms with E-state index in [4.69, 9.17) is 4.74 Å². The van der Waals surface area contributed by atoms with Crippen LogP contribution in [0.1, 0.15) is 19.8 Å². The van der Waals surface area contributed by atoms with E-state index < -0.39 is 0 Å². The number of carbonyl (C=O) groups excluding carboxylic acids is 1. The molecule has 2 aromatic rings. The van der Waals surface area contributed by atoms with Crippen molar-refractivity contribution in [2.75, 3.05) is 45.2 Å². The lowest BCUT2D eigenvalue weighted by molar-refractivity contribution is -0.127. The summed E-state index contributed by atoms with van der Waals surface area (Å²) in [5.41, 5.74) is 2.36. The van der Waals surface area contributed by atoms with Crippen LogP contribution in [0.5, 0.6) is 5.88 Å². The number of piperidine rings is 1. The minimum Gasteiger partial charge on any atom is -0.481 e. The van der Waals surface area contributed by atoms with Crippen LogP contribution >= 0.6 is 0 Å². The Morgan fingerprint density at radius 1 is 1.35 bits per heavy atom. The Labute approximate surface area is 182 Å². The predicted molar refractivity (Wildman–Crippen MR) is 123 cm³/mol. The number of likely N-dealkylation sites (tertiary alicyclic amines) is 1. The average molecular weight is 426 g/mol. The number of H-pyrrole nitrogens is 1. The lowest BCUT2D eigenvalue weighted by atomic mass is 10.0. The van der Waals surface area contributed by atoms with E-state index in [-0.39, 0.29) is 17.5 Å². The van der Waals surface area contributed by atoms with Gasteiger partial charge in [-0.3, -0.25) is 9.59 Å². The minimum absolute atomic E-state index is 0.0447. The van der Waals surface area contributed by atoms with Crippen LogP contribution in [0, 0.1) is 0 Å². The van der Waals surface area contributed by atoms with Gasteiger partial charge in [0.15, 0.2) is 0 Å². The van der Waals surface area contributed by atoms with Crippen molar-refractivity contribution in [2.45, 2.75) is 25.8 Å². The Kier molecular flexibility index (Phi) is 7.83. The summed E-state index contributed by atoms with van der Waals surface area (Å²) in [6.07, 6.45) is 8.53. The zero-order chi connectivity index (χ0) is 22.2. The van der Waals surface area contributed by atoms with Crippen LogP contribution in [0.4, 0.5) is 5.69 Å². The largest absolute Gasteiger partial charge is 0.481 e. The van der Waals surface area contributed by atoms with Crippen LogP contribution in [0.15, 0.2) is 47.5 Å². The highest BCUT2D eigenvalue weighted by Gasteiger charge is 2.27. The summed E-state index contributed by atoms with van der Waals surface area (Å²) < 4.78 is 5.22. The number of rotatable bonds is 8. The third-order valence-corrected chi connectivity index (χ3v) is 5.61. The maximum atomic E-state index is 12.7. The van der Waals surface area contributed by atoms with Gasteiger partial charge >= 0.3 is 0 Å². The van der Waals surface area contributed by atoms with Crippen LogP contribution in [0.2, 0.25) is 0 Å². The van der Waals surface area contributed by atoms with Crippen molar-refractivity contribution in [3.8, 4) is 17.0 Å². The van der Waals surface area contributed by atoms with Gasteiger partial charge in [-0.15, -0.1) is 0 Å². The molecule has 0 radical (unpaired) electrons. The predicted octanol–water partition coefficient (Wildman–Crippen LogP) is 2.04. The molecule has 8 nitrogen and oxygen atoms in total. The molecule has 3 heterocycles. The summed E-state index contributed by atoms with van der Waals surface area (Å²) in [5.74, 6) is 0.571.